The van der Waals surface area contributed by atoms with Crippen LogP contribution in [0.3, 0.4) is 0 Å². The predicted molar refractivity (Wildman–Crippen MR) is 62.2 cm³/mol. The topological polar surface area (TPSA) is 40.5 Å². The van der Waals surface area contributed by atoms with E-state index in [-0.39, 0.29) is 18.3 Å². The lowest BCUT2D eigenvalue weighted by Gasteiger charge is -2.24. The van der Waals surface area contributed by atoms with Crippen molar-refractivity contribution in [2.45, 2.75) is 25.3 Å². The molecule has 0 aliphatic carbocycles. The van der Waals surface area contributed by atoms with E-state index >= 15 is 0 Å². The third-order valence-corrected chi connectivity index (χ3v) is 3.23. The molecule has 0 amide bonds. The first-order valence-corrected chi connectivity index (χ1v) is 5.88. The Balaban J connectivity index is 2.03. The van der Waals surface area contributed by atoms with Gasteiger partial charge in [-0.3, -0.25) is 9.69 Å². The van der Waals surface area contributed by atoms with E-state index in [1.165, 1.54) is 12.1 Å². The Morgan fingerprint density at radius 3 is 2.76 bits per heavy atom. The number of aliphatic carboxylic acids is 1. The summed E-state index contributed by atoms with van der Waals surface area (Å²) >= 11 is 0. The summed E-state index contributed by atoms with van der Waals surface area (Å²) < 4.78 is 12.8. The molecular formula is C13H16FNO2. The minimum atomic E-state index is -0.769. The molecule has 0 unspecified atom stereocenters. The van der Waals surface area contributed by atoms with Crippen LogP contribution in [-0.2, 0) is 4.79 Å². The highest BCUT2D eigenvalue weighted by molar-refractivity contribution is 5.66. The zero-order valence-electron chi connectivity index (χ0n) is 9.60. The fourth-order valence-corrected chi connectivity index (χ4v) is 2.40. The van der Waals surface area contributed by atoms with Crippen LogP contribution in [0.2, 0.25) is 0 Å². The first kappa shape index (κ1) is 12.0. The molecule has 2 rings (SSSR count). The van der Waals surface area contributed by atoms with E-state index in [2.05, 4.69) is 4.90 Å². The lowest BCUT2D eigenvalue weighted by Crippen LogP contribution is -2.26. The van der Waals surface area contributed by atoms with Gasteiger partial charge in [-0.2, -0.15) is 0 Å². The normalized spacial score (nSPS) is 20.6. The summed E-state index contributed by atoms with van der Waals surface area (Å²) in [6, 6.07) is 6.75. The van der Waals surface area contributed by atoms with Gasteiger partial charge >= 0.3 is 5.97 Å². The van der Waals surface area contributed by atoms with Gasteiger partial charge in [-0.15, -0.1) is 0 Å². The maximum absolute atomic E-state index is 12.8. The van der Waals surface area contributed by atoms with E-state index in [4.69, 9.17) is 5.11 Å². The summed E-state index contributed by atoms with van der Waals surface area (Å²) in [6.07, 6.45) is 2.25. The Kier molecular flexibility index (Phi) is 3.74. The van der Waals surface area contributed by atoms with Crippen LogP contribution in [0.25, 0.3) is 0 Å². The van der Waals surface area contributed by atoms with E-state index in [0.717, 1.165) is 24.9 Å². The van der Waals surface area contributed by atoms with E-state index in [1.807, 2.05) is 0 Å². The zero-order chi connectivity index (χ0) is 12.3. The average Bonchev–Trinajstić information content (AvgIpc) is 2.75. The van der Waals surface area contributed by atoms with Crippen molar-refractivity contribution >= 4 is 5.97 Å². The summed E-state index contributed by atoms with van der Waals surface area (Å²) in [5.41, 5.74) is 1.08. The van der Waals surface area contributed by atoms with E-state index in [9.17, 15) is 9.18 Å². The number of hydrogen-bond acceptors (Lipinski definition) is 2. The minimum Gasteiger partial charge on any atom is -0.481 e. The fourth-order valence-electron chi connectivity index (χ4n) is 2.40. The Morgan fingerprint density at radius 1 is 1.41 bits per heavy atom. The quantitative estimate of drug-likeness (QED) is 0.874. The second-order valence-corrected chi connectivity index (χ2v) is 4.39. The molecular weight excluding hydrogens is 221 g/mol. The van der Waals surface area contributed by atoms with Crippen molar-refractivity contribution < 1.29 is 14.3 Å². The van der Waals surface area contributed by atoms with Gasteiger partial charge < -0.3 is 5.11 Å². The molecule has 4 heteroatoms. The molecule has 1 aromatic rings. The monoisotopic (exact) mass is 237 g/mol. The fraction of sp³-hybridized carbons (Fsp3) is 0.462. The lowest BCUT2D eigenvalue weighted by molar-refractivity contribution is -0.137. The summed E-state index contributed by atoms with van der Waals surface area (Å²) in [5.74, 6) is -1.00. The molecule has 1 saturated heterocycles. The summed E-state index contributed by atoms with van der Waals surface area (Å²) in [4.78, 5) is 12.7. The minimum absolute atomic E-state index is 0.164. The molecule has 1 atom stereocenters. The highest BCUT2D eigenvalue weighted by atomic mass is 19.1. The maximum atomic E-state index is 12.8. The summed E-state index contributed by atoms with van der Waals surface area (Å²) in [5, 5.41) is 8.69. The first-order valence-electron chi connectivity index (χ1n) is 5.88. The number of halogens is 1. The van der Waals surface area contributed by atoms with Crippen molar-refractivity contribution in [3.8, 4) is 0 Å². The van der Waals surface area contributed by atoms with Crippen molar-refractivity contribution in [2.75, 3.05) is 13.1 Å². The number of rotatable bonds is 4. The highest BCUT2D eigenvalue weighted by Crippen LogP contribution is 2.31. The summed E-state index contributed by atoms with van der Waals surface area (Å²) in [6.45, 7) is 1.49. The molecule has 0 spiro atoms. The molecule has 1 N–H and O–H groups in total. The van der Waals surface area contributed by atoms with Crippen LogP contribution in [-0.4, -0.2) is 29.1 Å². The summed E-state index contributed by atoms with van der Waals surface area (Å²) in [7, 11) is 0. The van der Waals surface area contributed by atoms with Crippen molar-refractivity contribution in [3.63, 3.8) is 0 Å². The SMILES string of the molecule is O=C(O)CCN1CCC[C@@H]1c1ccc(F)cc1. The number of carboxylic acid groups (broad SMARTS) is 1. The highest BCUT2D eigenvalue weighted by Gasteiger charge is 2.25. The van der Waals surface area contributed by atoms with Gasteiger partial charge in [-0.1, -0.05) is 12.1 Å². The van der Waals surface area contributed by atoms with Gasteiger partial charge in [0.05, 0.1) is 6.42 Å². The smallest absolute Gasteiger partial charge is 0.304 e. The Labute approximate surface area is 99.9 Å². The van der Waals surface area contributed by atoms with Gasteiger partial charge in [0.15, 0.2) is 0 Å². The molecule has 3 nitrogen and oxygen atoms in total. The second-order valence-electron chi connectivity index (χ2n) is 4.39. The molecule has 1 aliphatic rings. The third kappa shape index (κ3) is 3.03. The Morgan fingerprint density at radius 2 is 2.12 bits per heavy atom. The largest absolute Gasteiger partial charge is 0.481 e. The molecule has 1 heterocycles. The second kappa shape index (κ2) is 5.27. The van der Waals surface area contributed by atoms with Gasteiger partial charge in [-0.05, 0) is 37.1 Å². The Bertz CT molecular complexity index is 391. The van der Waals surface area contributed by atoms with Gasteiger partial charge in [-0.25, -0.2) is 4.39 Å². The number of carboxylic acids is 1. The standard InChI is InChI=1S/C13H16FNO2/c14-11-5-3-10(4-6-11)12-2-1-8-15(12)9-7-13(16)17/h3-6,12H,1-2,7-9H2,(H,16,17)/t12-/m1/s1. The van der Waals surface area contributed by atoms with Crippen LogP contribution < -0.4 is 0 Å². The molecule has 92 valence electrons. The van der Waals surface area contributed by atoms with Crippen LogP contribution >= 0.6 is 0 Å². The number of carbonyl (C=O) groups is 1. The van der Waals surface area contributed by atoms with Crippen LogP contribution in [0.1, 0.15) is 30.9 Å². The van der Waals surface area contributed by atoms with E-state index < -0.39 is 5.97 Å². The molecule has 1 aliphatic heterocycles. The number of benzene rings is 1. The molecule has 0 bridgehead atoms. The molecule has 1 fully saturated rings. The van der Waals surface area contributed by atoms with Crippen molar-refractivity contribution in [2.24, 2.45) is 0 Å². The maximum Gasteiger partial charge on any atom is 0.304 e. The molecule has 17 heavy (non-hydrogen) atoms. The van der Waals surface area contributed by atoms with Crippen LogP contribution in [0.4, 0.5) is 4.39 Å². The van der Waals surface area contributed by atoms with Gasteiger partial charge in [0.2, 0.25) is 0 Å². The average molecular weight is 237 g/mol. The van der Waals surface area contributed by atoms with Gasteiger partial charge in [0, 0.05) is 12.6 Å². The van der Waals surface area contributed by atoms with Crippen LogP contribution in [0.15, 0.2) is 24.3 Å². The number of nitrogens with zero attached hydrogens (tertiary/aromatic N) is 1. The zero-order valence-corrected chi connectivity index (χ0v) is 9.60. The van der Waals surface area contributed by atoms with Crippen molar-refractivity contribution in [1.29, 1.82) is 0 Å². The van der Waals surface area contributed by atoms with E-state index in [1.54, 1.807) is 12.1 Å². The molecule has 1 aromatic carbocycles. The Hall–Kier alpha value is -1.42. The third-order valence-electron chi connectivity index (χ3n) is 3.23. The lowest BCUT2D eigenvalue weighted by atomic mass is 10.0. The van der Waals surface area contributed by atoms with Gasteiger partial charge in [0.25, 0.3) is 0 Å². The van der Waals surface area contributed by atoms with E-state index in [0.29, 0.717) is 6.54 Å². The van der Waals surface area contributed by atoms with Crippen molar-refractivity contribution in [1.82, 2.24) is 4.90 Å². The number of likely N-dealkylation sites (tertiary alicyclic amines) is 1. The van der Waals surface area contributed by atoms with Crippen molar-refractivity contribution in [3.05, 3.63) is 35.6 Å². The first-order chi connectivity index (χ1) is 8.16. The van der Waals surface area contributed by atoms with Crippen LogP contribution in [0.5, 0.6) is 0 Å². The van der Waals surface area contributed by atoms with Gasteiger partial charge in [0.1, 0.15) is 5.82 Å². The molecule has 0 saturated carbocycles. The van der Waals surface area contributed by atoms with Crippen LogP contribution in [0, 0.1) is 5.82 Å². The number of hydrogen-bond donors (Lipinski definition) is 1. The molecule has 0 aromatic heterocycles. The molecule has 0 radical (unpaired) electrons. The predicted octanol–water partition coefficient (Wildman–Crippen LogP) is 2.44.